The van der Waals surface area contributed by atoms with Crippen LogP contribution in [0, 0.1) is 0 Å². The lowest BCUT2D eigenvalue weighted by Crippen LogP contribution is -2.37. The maximum Gasteiger partial charge on any atom is 0.327 e. The Morgan fingerprint density at radius 3 is 2.41 bits per heavy atom. The largest absolute Gasteiger partial charge is 0.454 e. The predicted octanol–water partition coefficient (Wildman–Crippen LogP) is 1.80. The Kier molecular flexibility index (Phi) is 6.04. The smallest absolute Gasteiger partial charge is 0.327 e. The Morgan fingerprint density at radius 2 is 1.76 bits per heavy atom. The Balaban J connectivity index is 1.55. The van der Waals surface area contributed by atoms with Crippen molar-refractivity contribution < 1.29 is 27.5 Å². The summed E-state index contributed by atoms with van der Waals surface area (Å²) >= 11 is 3.33. The summed E-state index contributed by atoms with van der Waals surface area (Å²) in [7, 11) is -2.55. The van der Waals surface area contributed by atoms with Gasteiger partial charge in [-0.15, -0.1) is 0 Å². The third-order valence-corrected chi connectivity index (χ3v) is 6.62. The van der Waals surface area contributed by atoms with Crippen molar-refractivity contribution >= 4 is 43.7 Å². The summed E-state index contributed by atoms with van der Waals surface area (Å²) < 4.78 is 31.1. The van der Waals surface area contributed by atoms with Crippen molar-refractivity contribution in [3.8, 4) is 0 Å². The van der Waals surface area contributed by atoms with E-state index >= 15 is 0 Å². The van der Waals surface area contributed by atoms with Crippen LogP contribution in [0.2, 0.25) is 0 Å². The molecule has 0 saturated carbocycles. The van der Waals surface area contributed by atoms with Crippen LogP contribution in [0.3, 0.4) is 0 Å². The zero-order valence-corrected chi connectivity index (χ0v) is 17.8. The Labute approximate surface area is 176 Å². The van der Waals surface area contributed by atoms with Crippen molar-refractivity contribution in [2.45, 2.75) is 11.4 Å². The number of esters is 1. The van der Waals surface area contributed by atoms with Crippen molar-refractivity contribution in [2.24, 2.45) is 0 Å². The first-order valence-electron chi connectivity index (χ1n) is 8.50. The molecule has 0 spiro atoms. The SMILES string of the molecule is CN(Cc1ccc(Br)cc1)C(=O)COC(=O)CN1C(=O)c2ccccc2S1(=O)=O. The zero-order valence-electron chi connectivity index (χ0n) is 15.4. The molecule has 10 heteroatoms. The fourth-order valence-corrected chi connectivity index (χ4v) is 4.53. The minimum absolute atomic E-state index is 0.00519. The monoisotopic (exact) mass is 480 g/mol. The standard InChI is InChI=1S/C19H17BrN2O6S/c1-21(10-13-6-8-14(20)9-7-13)17(23)12-28-18(24)11-22-19(25)15-4-2-3-5-16(15)29(22,26)27/h2-9H,10-12H2,1H3. The molecule has 8 nitrogen and oxygen atoms in total. The molecule has 0 unspecified atom stereocenters. The molecule has 152 valence electrons. The molecule has 3 rings (SSSR count). The van der Waals surface area contributed by atoms with E-state index in [1.807, 2.05) is 24.3 Å². The van der Waals surface area contributed by atoms with E-state index in [4.69, 9.17) is 4.74 Å². The van der Waals surface area contributed by atoms with Crippen LogP contribution >= 0.6 is 15.9 Å². The molecule has 0 bridgehead atoms. The summed E-state index contributed by atoms with van der Waals surface area (Å²) in [5.74, 6) is -2.24. The van der Waals surface area contributed by atoms with E-state index < -0.39 is 41.0 Å². The lowest BCUT2D eigenvalue weighted by molar-refractivity contribution is -0.151. The topological polar surface area (TPSA) is 101 Å². The van der Waals surface area contributed by atoms with Gasteiger partial charge in [-0.05, 0) is 29.8 Å². The van der Waals surface area contributed by atoms with Gasteiger partial charge in [-0.3, -0.25) is 14.4 Å². The Hall–Kier alpha value is -2.72. The normalized spacial score (nSPS) is 14.4. The average molecular weight is 481 g/mol. The van der Waals surface area contributed by atoms with E-state index in [-0.39, 0.29) is 10.5 Å². The molecule has 2 aromatic rings. The van der Waals surface area contributed by atoms with Crippen LogP contribution in [0.4, 0.5) is 0 Å². The molecule has 0 aromatic heterocycles. The fraction of sp³-hybridized carbons (Fsp3) is 0.211. The highest BCUT2D eigenvalue weighted by molar-refractivity contribution is 9.10. The van der Waals surface area contributed by atoms with Gasteiger partial charge in [0.25, 0.3) is 21.8 Å². The fourth-order valence-electron chi connectivity index (χ4n) is 2.75. The van der Waals surface area contributed by atoms with Gasteiger partial charge in [0.15, 0.2) is 6.61 Å². The van der Waals surface area contributed by atoms with E-state index in [2.05, 4.69) is 15.9 Å². The zero-order chi connectivity index (χ0) is 21.2. The number of ether oxygens (including phenoxy) is 1. The molecular formula is C19H17BrN2O6S. The number of hydrogen-bond donors (Lipinski definition) is 0. The third-order valence-electron chi connectivity index (χ3n) is 4.30. The summed E-state index contributed by atoms with van der Waals surface area (Å²) in [6.45, 7) is -1.03. The van der Waals surface area contributed by atoms with Gasteiger partial charge in [-0.25, -0.2) is 12.7 Å². The molecule has 1 aliphatic rings. The maximum atomic E-state index is 12.4. The number of fused-ring (bicyclic) bond motifs is 1. The molecule has 0 fully saturated rings. The number of sulfonamides is 1. The van der Waals surface area contributed by atoms with E-state index in [1.165, 1.54) is 29.2 Å². The molecular weight excluding hydrogens is 464 g/mol. The summed E-state index contributed by atoms with van der Waals surface area (Å²) in [6, 6.07) is 13.1. The molecule has 0 aliphatic carbocycles. The number of benzene rings is 2. The minimum Gasteiger partial charge on any atom is -0.454 e. The van der Waals surface area contributed by atoms with Crippen LogP contribution in [0.5, 0.6) is 0 Å². The van der Waals surface area contributed by atoms with Crippen molar-refractivity contribution in [3.63, 3.8) is 0 Å². The van der Waals surface area contributed by atoms with E-state index in [9.17, 15) is 22.8 Å². The van der Waals surface area contributed by atoms with Gasteiger partial charge in [-0.2, -0.15) is 0 Å². The highest BCUT2D eigenvalue weighted by Gasteiger charge is 2.42. The van der Waals surface area contributed by atoms with Crippen LogP contribution in [-0.4, -0.2) is 55.6 Å². The van der Waals surface area contributed by atoms with Gasteiger partial charge >= 0.3 is 5.97 Å². The van der Waals surface area contributed by atoms with Gasteiger partial charge in [0, 0.05) is 18.1 Å². The highest BCUT2D eigenvalue weighted by atomic mass is 79.9. The van der Waals surface area contributed by atoms with Gasteiger partial charge in [0.05, 0.1) is 5.56 Å². The average Bonchev–Trinajstić information content (AvgIpc) is 2.89. The minimum atomic E-state index is -4.11. The molecule has 0 radical (unpaired) electrons. The summed E-state index contributed by atoms with van der Waals surface area (Å²) in [5, 5.41) is 0. The summed E-state index contributed by atoms with van der Waals surface area (Å²) in [6.07, 6.45) is 0. The third kappa shape index (κ3) is 4.48. The van der Waals surface area contributed by atoms with Gasteiger partial charge < -0.3 is 9.64 Å². The number of carbonyl (C=O) groups excluding carboxylic acids is 3. The van der Waals surface area contributed by atoms with Crippen molar-refractivity contribution in [3.05, 3.63) is 64.1 Å². The van der Waals surface area contributed by atoms with Crippen LogP contribution < -0.4 is 0 Å². The quantitative estimate of drug-likeness (QED) is 0.584. The van der Waals surface area contributed by atoms with Crippen LogP contribution in [0.1, 0.15) is 15.9 Å². The Bertz CT molecular complexity index is 1070. The van der Waals surface area contributed by atoms with E-state index in [0.29, 0.717) is 10.8 Å². The molecule has 29 heavy (non-hydrogen) atoms. The second-order valence-electron chi connectivity index (χ2n) is 6.35. The first kappa shape index (κ1) is 21.0. The molecule has 2 aromatic carbocycles. The lowest BCUT2D eigenvalue weighted by atomic mass is 10.2. The van der Waals surface area contributed by atoms with Crippen LogP contribution in [0.25, 0.3) is 0 Å². The van der Waals surface area contributed by atoms with Gasteiger partial charge in [-0.1, -0.05) is 40.2 Å². The summed E-state index contributed by atoms with van der Waals surface area (Å²) in [4.78, 5) is 37.7. The number of rotatable bonds is 6. The van der Waals surface area contributed by atoms with Crippen molar-refractivity contribution in [1.82, 2.24) is 9.21 Å². The Morgan fingerprint density at radius 1 is 1.10 bits per heavy atom. The van der Waals surface area contributed by atoms with Crippen molar-refractivity contribution in [2.75, 3.05) is 20.2 Å². The van der Waals surface area contributed by atoms with E-state index in [0.717, 1.165) is 10.0 Å². The van der Waals surface area contributed by atoms with Crippen LogP contribution in [-0.2, 0) is 30.9 Å². The molecule has 1 heterocycles. The summed E-state index contributed by atoms with van der Waals surface area (Å²) in [5.41, 5.74) is 0.896. The lowest BCUT2D eigenvalue weighted by Gasteiger charge is -2.18. The first-order valence-corrected chi connectivity index (χ1v) is 10.7. The predicted molar refractivity (Wildman–Crippen MR) is 106 cm³/mol. The highest BCUT2D eigenvalue weighted by Crippen LogP contribution is 2.29. The number of hydrogen-bond acceptors (Lipinski definition) is 6. The van der Waals surface area contributed by atoms with Crippen LogP contribution in [0.15, 0.2) is 57.9 Å². The molecule has 2 amide bonds. The second kappa shape index (κ2) is 8.34. The van der Waals surface area contributed by atoms with E-state index in [1.54, 1.807) is 7.05 Å². The number of carbonyl (C=O) groups is 3. The van der Waals surface area contributed by atoms with Gasteiger partial charge in [0.2, 0.25) is 0 Å². The van der Waals surface area contributed by atoms with Gasteiger partial charge in [0.1, 0.15) is 11.4 Å². The number of amides is 2. The molecule has 0 N–H and O–H groups in total. The second-order valence-corrected chi connectivity index (χ2v) is 9.10. The molecule has 0 saturated heterocycles. The number of nitrogens with zero attached hydrogens (tertiary/aromatic N) is 2. The molecule has 1 aliphatic heterocycles. The molecule has 0 atom stereocenters. The number of halogens is 1. The van der Waals surface area contributed by atoms with Crippen molar-refractivity contribution in [1.29, 1.82) is 0 Å². The first-order chi connectivity index (χ1) is 13.7. The maximum absolute atomic E-state index is 12.4. The number of likely N-dealkylation sites (N-methyl/N-ethyl adjacent to an activating group) is 1.